The monoisotopic (exact) mass is 418 g/mol. The van der Waals surface area contributed by atoms with Gasteiger partial charge < -0.3 is 5.11 Å². The fourth-order valence-electron chi connectivity index (χ4n) is 3.92. The molecule has 156 valence electrons. The van der Waals surface area contributed by atoms with Crippen molar-refractivity contribution in [2.75, 3.05) is 0 Å². The van der Waals surface area contributed by atoms with E-state index in [1.54, 1.807) is 12.1 Å². The first-order valence-electron chi connectivity index (χ1n) is 10.5. The number of carboxylic acid groups (broad SMARTS) is 1. The molecule has 0 heterocycles. The summed E-state index contributed by atoms with van der Waals surface area (Å²) in [7, 11) is -1.57. The van der Waals surface area contributed by atoms with E-state index in [4.69, 9.17) is 0 Å². The van der Waals surface area contributed by atoms with Gasteiger partial charge in [0.15, 0.2) is 5.78 Å². The molecular formula is C26H30O3Si. The highest BCUT2D eigenvalue weighted by molar-refractivity contribution is 6.77. The van der Waals surface area contributed by atoms with Crippen LogP contribution in [0, 0.1) is 11.8 Å². The molecule has 1 atom stereocenters. The van der Waals surface area contributed by atoms with Gasteiger partial charge in [0.25, 0.3) is 0 Å². The average molecular weight is 419 g/mol. The molecule has 0 bridgehead atoms. The molecule has 30 heavy (non-hydrogen) atoms. The van der Waals surface area contributed by atoms with E-state index < -0.39 is 14.0 Å². The quantitative estimate of drug-likeness (QED) is 0.490. The van der Waals surface area contributed by atoms with Gasteiger partial charge in [0, 0.05) is 23.1 Å². The Morgan fingerprint density at radius 1 is 1.07 bits per heavy atom. The summed E-state index contributed by atoms with van der Waals surface area (Å²) in [6, 6.07) is 11.2. The zero-order chi connectivity index (χ0) is 22.3. The summed E-state index contributed by atoms with van der Waals surface area (Å²) >= 11 is 0. The van der Waals surface area contributed by atoms with E-state index >= 15 is 0 Å². The maximum atomic E-state index is 12.3. The minimum atomic E-state index is -1.57. The lowest BCUT2D eigenvalue weighted by atomic mass is 9.72. The number of hydrogen-bond donors (Lipinski definition) is 1. The van der Waals surface area contributed by atoms with E-state index in [9.17, 15) is 14.7 Å². The van der Waals surface area contributed by atoms with Crippen molar-refractivity contribution in [3.8, 4) is 11.8 Å². The van der Waals surface area contributed by atoms with Crippen LogP contribution in [0.5, 0.6) is 0 Å². The van der Waals surface area contributed by atoms with Crippen molar-refractivity contribution in [1.82, 2.24) is 0 Å². The molecule has 3 rings (SSSR count). The van der Waals surface area contributed by atoms with Gasteiger partial charge in [-0.3, -0.25) is 4.79 Å². The van der Waals surface area contributed by atoms with E-state index in [0.717, 1.165) is 34.2 Å². The van der Waals surface area contributed by atoms with Crippen molar-refractivity contribution in [3.63, 3.8) is 0 Å². The lowest BCUT2D eigenvalue weighted by Gasteiger charge is -2.31. The van der Waals surface area contributed by atoms with Gasteiger partial charge in [-0.05, 0) is 64.9 Å². The van der Waals surface area contributed by atoms with Crippen molar-refractivity contribution in [3.05, 3.63) is 69.8 Å². The number of rotatable bonds is 3. The summed E-state index contributed by atoms with van der Waals surface area (Å²) in [5, 5.41) is 9.61. The fourth-order valence-corrected chi connectivity index (χ4v) is 5.10. The van der Waals surface area contributed by atoms with Crippen LogP contribution in [0.25, 0.3) is 0 Å². The van der Waals surface area contributed by atoms with Crippen LogP contribution < -0.4 is 0 Å². The Kier molecular flexibility index (Phi) is 5.80. The van der Waals surface area contributed by atoms with Crippen molar-refractivity contribution < 1.29 is 14.7 Å². The largest absolute Gasteiger partial charge is 0.478 e. The van der Waals surface area contributed by atoms with Crippen LogP contribution in [0.1, 0.15) is 82.1 Å². The first-order chi connectivity index (χ1) is 13.9. The van der Waals surface area contributed by atoms with Crippen LogP contribution in [0.4, 0.5) is 0 Å². The topological polar surface area (TPSA) is 54.4 Å². The molecule has 0 saturated carbocycles. The lowest BCUT2D eigenvalue weighted by Crippen LogP contribution is -2.30. The number of fused-ring (bicyclic) bond motifs is 1. The second-order valence-corrected chi connectivity index (χ2v) is 15.6. The maximum absolute atomic E-state index is 12.3. The van der Waals surface area contributed by atoms with E-state index in [1.807, 2.05) is 24.3 Å². The van der Waals surface area contributed by atoms with E-state index in [-0.39, 0.29) is 16.7 Å². The summed E-state index contributed by atoms with van der Waals surface area (Å²) in [5.41, 5.74) is 4.97. The number of carboxylic acids is 1. The molecule has 0 fully saturated rings. The molecule has 2 aromatic rings. The first kappa shape index (κ1) is 22.1. The number of hydrogen-bond acceptors (Lipinski definition) is 2. The number of carbonyl (C=O) groups excluding carboxylic acids is 1. The van der Waals surface area contributed by atoms with Crippen LogP contribution in [0.15, 0.2) is 36.4 Å². The third kappa shape index (κ3) is 4.42. The number of Topliss-reactive ketones (excluding diaryl/α,β-unsaturated/α-hetero) is 1. The highest BCUT2D eigenvalue weighted by Gasteiger charge is 2.31. The zero-order valence-electron chi connectivity index (χ0n) is 18.7. The maximum Gasteiger partial charge on any atom is 0.335 e. The summed E-state index contributed by atoms with van der Waals surface area (Å²) in [5.74, 6) is 5.74. The Balaban J connectivity index is 2.01. The van der Waals surface area contributed by atoms with Crippen LogP contribution >= 0.6 is 0 Å². The smallest absolute Gasteiger partial charge is 0.335 e. The van der Waals surface area contributed by atoms with Gasteiger partial charge in [0.2, 0.25) is 0 Å². The summed E-state index contributed by atoms with van der Waals surface area (Å²) in [4.78, 5) is 24.0. The molecule has 1 aliphatic carbocycles. The van der Waals surface area contributed by atoms with Gasteiger partial charge in [-0.1, -0.05) is 52.3 Å². The fraction of sp³-hybridized carbons (Fsp3) is 0.385. The third-order valence-electron chi connectivity index (χ3n) is 6.42. The van der Waals surface area contributed by atoms with Gasteiger partial charge in [-0.25, -0.2) is 4.79 Å². The molecule has 1 unspecified atom stereocenters. The summed E-state index contributed by atoms with van der Waals surface area (Å²) in [6.07, 6.45) is 1.45. The van der Waals surface area contributed by atoms with Gasteiger partial charge in [-0.15, -0.1) is 0 Å². The minimum absolute atomic E-state index is 0.0377. The van der Waals surface area contributed by atoms with E-state index in [2.05, 4.69) is 52.3 Å². The standard InChI is InChI=1S/C26H30O3Si/c1-17(30(4,5)6)22-15-18(9-11-20(22)25(28)29)7-8-19-10-12-21-23(16-19)26(2,3)14-13-24(21)27/h9-12,15-17H,13-14H2,1-6H3,(H,28,29). The number of ketones is 1. The van der Waals surface area contributed by atoms with E-state index in [1.165, 1.54) is 0 Å². The summed E-state index contributed by atoms with van der Waals surface area (Å²) in [6.45, 7) is 13.2. The molecule has 0 amide bonds. The van der Waals surface area contributed by atoms with Crippen molar-refractivity contribution in [1.29, 1.82) is 0 Å². The third-order valence-corrected chi connectivity index (χ3v) is 9.33. The predicted octanol–water partition coefficient (Wildman–Crippen LogP) is 6.02. The number of benzene rings is 2. The van der Waals surface area contributed by atoms with Crippen molar-refractivity contribution in [2.45, 2.75) is 64.2 Å². The molecule has 0 radical (unpaired) electrons. The lowest BCUT2D eigenvalue weighted by molar-refractivity contribution is 0.0695. The zero-order valence-corrected chi connectivity index (χ0v) is 19.7. The van der Waals surface area contributed by atoms with Gasteiger partial charge in [0.05, 0.1) is 13.6 Å². The molecule has 0 aliphatic heterocycles. The van der Waals surface area contributed by atoms with Gasteiger partial charge >= 0.3 is 5.97 Å². The Labute approximate surface area is 180 Å². The second-order valence-electron chi connectivity index (χ2n) is 10.0. The molecule has 0 spiro atoms. The van der Waals surface area contributed by atoms with Crippen molar-refractivity contribution in [2.24, 2.45) is 0 Å². The molecule has 3 nitrogen and oxygen atoms in total. The van der Waals surface area contributed by atoms with Crippen LogP contribution in [0.3, 0.4) is 0 Å². The second kappa shape index (κ2) is 7.89. The van der Waals surface area contributed by atoms with E-state index in [0.29, 0.717) is 12.0 Å². The van der Waals surface area contributed by atoms with Gasteiger partial charge in [0.1, 0.15) is 0 Å². The molecule has 2 aromatic carbocycles. The Bertz CT molecular complexity index is 1080. The van der Waals surface area contributed by atoms with Crippen LogP contribution in [0.2, 0.25) is 19.6 Å². The minimum Gasteiger partial charge on any atom is -0.478 e. The van der Waals surface area contributed by atoms with Crippen LogP contribution in [-0.4, -0.2) is 24.9 Å². The summed E-state index contributed by atoms with van der Waals surface area (Å²) < 4.78 is 0. The number of aromatic carboxylic acids is 1. The molecule has 0 aromatic heterocycles. The van der Waals surface area contributed by atoms with Gasteiger partial charge in [-0.2, -0.15) is 0 Å². The van der Waals surface area contributed by atoms with Crippen LogP contribution in [-0.2, 0) is 5.41 Å². The number of carbonyl (C=O) groups is 2. The normalized spacial score (nSPS) is 16.3. The molecule has 0 saturated heterocycles. The predicted molar refractivity (Wildman–Crippen MR) is 124 cm³/mol. The first-order valence-corrected chi connectivity index (χ1v) is 14.0. The molecule has 1 aliphatic rings. The Morgan fingerprint density at radius 3 is 2.27 bits per heavy atom. The molecular weight excluding hydrogens is 388 g/mol. The highest BCUT2D eigenvalue weighted by Crippen LogP contribution is 2.37. The highest BCUT2D eigenvalue weighted by atomic mass is 28.3. The van der Waals surface area contributed by atoms with Crippen molar-refractivity contribution >= 4 is 19.8 Å². The Morgan fingerprint density at radius 2 is 1.67 bits per heavy atom. The Hall–Kier alpha value is -2.64. The SMILES string of the molecule is CC(c1cc(C#Cc2ccc3c(c2)C(C)(C)CCC3=O)ccc1C(=O)O)[Si](C)(C)C. The molecule has 4 heteroatoms. The molecule has 1 N–H and O–H groups in total. The average Bonchev–Trinajstić information content (AvgIpc) is 2.68.